The molecule has 2 amide bonds. The standard InChI is InChI=1S/C29H31F2N5O5/c1-29(2,3)41-28(38)36-12-9-17(10-13-36)11-14-39-18-7-8-23-21(15-18)34-27(40-23)25-22(16-32-35-25)33-26(37)24-19(30)5-4-6-20(24)31/h4-8,15-17H,9-14H2,1-3H3,(H,32,35)(H,33,37). The molecule has 2 aromatic heterocycles. The summed E-state index contributed by atoms with van der Waals surface area (Å²) in [5.74, 6) is -1.75. The Bertz CT molecular complexity index is 1530. The van der Waals surface area contributed by atoms with Crippen LogP contribution in [0.2, 0.25) is 0 Å². The highest BCUT2D eigenvalue weighted by molar-refractivity contribution is 6.06. The first-order valence-electron chi connectivity index (χ1n) is 13.4. The molecule has 41 heavy (non-hydrogen) atoms. The number of likely N-dealkylation sites (tertiary alicyclic amines) is 1. The van der Waals surface area contributed by atoms with Crippen LogP contribution in [0.4, 0.5) is 19.3 Å². The highest BCUT2D eigenvalue weighted by Gasteiger charge is 2.27. The number of carbonyl (C=O) groups excluding carboxylic acids is 2. The van der Waals surface area contributed by atoms with Gasteiger partial charge in [0.25, 0.3) is 5.91 Å². The predicted molar refractivity (Wildman–Crippen MR) is 147 cm³/mol. The van der Waals surface area contributed by atoms with Gasteiger partial charge in [0, 0.05) is 25.4 Å². The summed E-state index contributed by atoms with van der Waals surface area (Å²) in [6.07, 6.45) is 3.73. The molecule has 0 saturated carbocycles. The molecular formula is C29H31F2N5O5. The van der Waals surface area contributed by atoms with E-state index in [4.69, 9.17) is 13.9 Å². The van der Waals surface area contributed by atoms with Crippen LogP contribution in [0.15, 0.2) is 47.0 Å². The Morgan fingerprint density at radius 3 is 2.59 bits per heavy atom. The molecule has 216 valence electrons. The fourth-order valence-electron chi connectivity index (χ4n) is 4.62. The van der Waals surface area contributed by atoms with Gasteiger partial charge in [-0.05, 0) is 70.2 Å². The molecular weight excluding hydrogens is 536 g/mol. The Morgan fingerprint density at radius 1 is 1.15 bits per heavy atom. The SMILES string of the molecule is CC(C)(C)OC(=O)N1CCC(CCOc2ccc3oc(-c4n[nH]cc4NC(=O)c4c(F)cccc4F)nc3c2)CC1. The van der Waals surface area contributed by atoms with Gasteiger partial charge in [-0.3, -0.25) is 9.89 Å². The van der Waals surface area contributed by atoms with Gasteiger partial charge >= 0.3 is 6.09 Å². The Kier molecular flexibility index (Phi) is 7.91. The van der Waals surface area contributed by atoms with Crippen LogP contribution in [0, 0.1) is 17.6 Å². The van der Waals surface area contributed by atoms with Crippen molar-refractivity contribution in [1.82, 2.24) is 20.1 Å². The molecule has 0 spiro atoms. The van der Waals surface area contributed by atoms with Crippen LogP contribution in [0.1, 0.15) is 50.4 Å². The number of carbonyl (C=O) groups is 2. The van der Waals surface area contributed by atoms with E-state index in [1.165, 1.54) is 12.3 Å². The number of piperidine rings is 1. The maximum atomic E-state index is 14.0. The number of hydrogen-bond donors (Lipinski definition) is 2. The van der Waals surface area contributed by atoms with Crippen molar-refractivity contribution in [2.75, 3.05) is 25.0 Å². The predicted octanol–water partition coefficient (Wildman–Crippen LogP) is 6.16. The zero-order valence-corrected chi connectivity index (χ0v) is 23.0. The van der Waals surface area contributed by atoms with Crippen LogP contribution in [-0.4, -0.2) is 57.4 Å². The summed E-state index contributed by atoms with van der Waals surface area (Å²) in [7, 11) is 0. The Labute approximate surface area is 235 Å². The van der Waals surface area contributed by atoms with Crippen molar-refractivity contribution in [2.24, 2.45) is 5.92 Å². The zero-order chi connectivity index (χ0) is 29.1. The minimum atomic E-state index is -0.979. The molecule has 2 aromatic carbocycles. The number of hydrogen-bond acceptors (Lipinski definition) is 7. The van der Waals surface area contributed by atoms with Gasteiger partial charge in [-0.25, -0.2) is 18.6 Å². The summed E-state index contributed by atoms with van der Waals surface area (Å²) in [6.45, 7) is 7.42. The fraction of sp³-hybridized carbons (Fsp3) is 0.379. The third-order valence-corrected chi connectivity index (χ3v) is 6.70. The normalized spacial score (nSPS) is 14.3. The van der Waals surface area contributed by atoms with Gasteiger partial charge in [0.2, 0.25) is 5.89 Å². The molecule has 12 heteroatoms. The molecule has 0 unspecified atom stereocenters. The number of rotatable bonds is 7. The summed E-state index contributed by atoms with van der Waals surface area (Å²) in [6, 6.07) is 8.43. The lowest BCUT2D eigenvalue weighted by atomic mass is 9.94. The number of anilines is 1. The van der Waals surface area contributed by atoms with Crippen LogP contribution < -0.4 is 10.1 Å². The number of nitrogens with zero attached hydrogens (tertiary/aromatic N) is 3. The molecule has 0 aliphatic carbocycles. The third kappa shape index (κ3) is 6.64. The number of aromatic nitrogens is 3. The van der Waals surface area contributed by atoms with E-state index in [1.807, 2.05) is 20.8 Å². The van der Waals surface area contributed by atoms with Gasteiger partial charge in [-0.1, -0.05) is 6.07 Å². The Morgan fingerprint density at radius 2 is 1.88 bits per heavy atom. The molecule has 4 aromatic rings. The van der Waals surface area contributed by atoms with Crippen molar-refractivity contribution in [2.45, 2.75) is 45.6 Å². The number of fused-ring (bicyclic) bond motifs is 1. The highest BCUT2D eigenvalue weighted by atomic mass is 19.1. The van der Waals surface area contributed by atoms with Gasteiger partial charge in [0.1, 0.15) is 34.1 Å². The lowest BCUT2D eigenvalue weighted by molar-refractivity contribution is 0.0177. The van der Waals surface area contributed by atoms with Gasteiger partial charge in [0.05, 0.1) is 12.3 Å². The Balaban J connectivity index is 1.17. The smallest absolute Gasteiger partial charge is 0.410 e. The quantitative estimate of drug-likeness (QED) is 0.274. The summed E-state index contributed by atoms with van der Waals surface area (Å²) >= 11 is 0. The van der Waals surface area contributed by atoms with Crippen molar-refractivity contribution in [1.29, 1.82) is 0 Å². The zero-order valence-electron chi connectivity index (χ0n) is 23.0. The maximum absolute atomic E-state index is 14.0. The topological polar surface area (TPSA) is 123 Å². The summed E-state index contributed by atoms with van der Waals surface area (Å²) in [5, 5.41) is 9.15. The molecule has 0 radical (unpaired) electrons. The van der Waals surface area contributed by atoms with Gasteiger partial charge < -0.3 is 24.1 Å². The number of oxazole rings is 1. The minimum Gasteiger partial charge on any atom is -0.494 e. The maximum Gasteiger partial charge on any atom is 0.410 e. The Hall–Kier alpha value is -4.48. The average molecular weight is 568 g/mol. The number of amides is 2. The molecule has 2 N–H and O–H groups in total. The number of ether oxygens (including phenoxy) is 2. The molecule has 0 atom stereocenters. The van der Waals surface area contributed by atoms with Crippen molar-refractivity contribution in [3.05, 3.63) is 59.8 Å². The van der Waals surface area contributed by atoms with Crippen molar-refractivity contribution in [3.8, 4) is 17.3 Å². The summed E-state index contributed by atoms with van der Waals surface area (Å²) in [5.41, 5.74) is 0.108. The summed E-state index contributed by atoms with van der Waals surface area (Å²) in [4.78, 5) is 31.0. The molecule has 0 bridgehead atoms. The first-order chi connectivity index (χ1) is 19.6. The van der Waals surface area contributed by atoms with E-state index in [2.05, 4.69) is 20.5 Å². The molecule has 5 rings (SSSR count). The number of halogens is 2. The van der Waals surface area contributed by atoms with Gasteiger partial charge in [-0.2, -0.15) is 5.10 Å². The van der Waals surface area contributed by atoms with E-state index in [0.717, 1.165) is 31.4 Å². The minimum absolute atomic E-state index is 0.111. The van der Waals surface area contributed by atoms with Crippen LogP contribution >= 0.6 is 0 Å². The lowest BCUT2D eigenvalue weighted by Crippen LogP contribution is -2.41. The number of H-pyrrole nitrogens is 1. The monoisotopic (exact) mass is 567 g/mol. The summed E-state index contributed by atoms with van der Waals surface area (Å²) < 4.78 is 45.3. The lowest BCUT2D eigenvalue weighted by Gasteiger charge is -2.33. The second kappa shape index (κ2) is 11.6. The van der Waals surface area contributed by atoms with Crippen molar-refractivity contribution >= 4 is 28.8 Å². The molecule has 10 nitrogen and oxygen atoms in total. The van der Waals surface area contributed by atoms with E-state index in [9.17, 15) is 18.4 Å². The van der Waals surface area contributed by atoms with Crippen LogP contribution in [0.5, 0.6) is 5.75 Å². The van der Waals surface area contributed by atoms with E-state index in [-0.39, 0.29) is 23.4 Å². The molecule has 1 saturated heterocycles. The second-order valence-electron chi connectivity index (χ2n) is 10.9. The first-order valence-corrected chi connectivity index (χ1v) is 13.4. The van der Waals surface area contributed by atoms with Gasteiger partial charge in [-0.15, -0.1) is 0 Å². The number of nitrogens with one attached hydrogen (secondary N) is 2. The van der Waals surface area contributed by atoms with E-state index < -0.39 is 28.7 Å². The molecule has 1 aliphatic rings. The fourth-order valence-corrected chi connectivity index (χ4v) is 4.62. The van der Waals surface area contributed by atoms with E-state index >= 15 is 0 Å². The molecule has 1 aliphatic heterocycles. The van der Waals surface area contributed by atoms with Crippen molar-refractivity contribution < 1.29 is 32.3 Å². The molecule has 1 fully saturated rings. The second-order valence-corrected chi connectivity index (χ2v) is 10.9. The first kappa shape index (κ1) is 28.1. The van der Waals surface area contributed by atoms with Crippen molar-refractivity contribution in [3.63, 3.8) is 0 Å². The van der Waals surface area contributed by atoms with Crippen LogP contribution in [-0.2, 0) is 4.74 Å². The van der Waals surface area contributed by atoms with Crippen LogP contribution in [0.25, 0.3) is 22.7 Å². The van der Waals surface area contributed by atoms with E-state index in [0.29, 0.717) is 42.5 Å². The number of aromatic amines is 1. The van der Waals surface area contributed by atoms with Gasteiger partial charge in [0.15, 0.2) is 11.3 Å². The average Bonchev–Trinajstić information content (AvgIpc) is 3.54. The number of benzene rings is 2. The highest BCUT2D eigenvalue weighted by Crippen LogP contribution is 2.31. The largest absolute Gasteiger partial charge is 0.494 e. The van der Waals surface area contributed by atoms with Crippen LogP contribution in [0.3, 0.4) is 0 Å². The molecule has 3 heterocycles. The van der Waals surface area contributed by atoms with E-state index in [1.54, 1.807) is 23.1 Å². The third-order valence-electron chi connectivity index (χ3n) is 6.70.